The van der Waals surface area contributed by atoms with E-state index in [-0.39, 0.29) is 28.6 Å². The van der Waals surface area contributed by atoms with Crippen LogP contribution in [-0.2, 0) is 0 Å². The molecule has 0 bridgehead atoms. The zero-order valence-electron chi connectivity index (χ0n) is 13.3. The Hall–Kier alpha value is -2.80. The van der Waals surface area contributed by atoms with Gasteiger partial charge in [0.25, 0.3) is 0 Å². The van der Waals surface area contributed by atoms with E-state index in [1.165, 1.54) is 24.3 Å². The summed E-state index contributed by atoms with van der Waals surface area (Å²) in [6, 6.07) is 5.89. The predicted octanol–water partition coefficient (Wildman–Crippen LogP) is 1.89. The van der Waals surface area contributed by atoms with Crippen LogP contribution in [0.2, 0.25) is 0 Å². The number of nitrogens with one attached hydrogen (secondary N) is 1. The Labute approximate surface area is 138 Å². The summed E-state index contributed by atoms with van der Waals surface area (Å²) in [5.41, 5.74) is 0.186. The van der Waals surface area contributed by atoms with Crippen molar-refractivity contribution in [3.8, 4) is 11.5 Å². The Bertz CT molecular complexity index is 839. The molecule has 0 saturated carbocycles. The Morgan fingerprint density at radius 1 is 1.25 bits per heavy atom. The van der Waals surface area contributed by atoms with Gasteiger partial charge in [0.05, 0.1) is 11.3 Å². The molecule has 1 heterocycles. The molecule has 3 rings (SSSR count). The second-order valence-corrected chi connectivity index (χ2v) is 5.66. The highest BCUT2D eigenvalue weighted by Gasteiger charge is 2.32. The molecule has 1 N–H and O–H groups in total. The molecule has 0 radical (unpaired) electrons. The zero-order valence-corrected chi connectivity index (χ0v) is 13.3. The summed E-state index contributed by atoms with van der Waals surface area (Å²) in [5.74, 6) is -1.67. The number of carbonyl (C=O) groups excluding carboxylic acids is 2. The fraction of sp³-hybridized carbons (Fsp3) is 0.235. The lowest BCUT2D eigenvalue weighted by Gasteiger charge is -2.14. The van der Waals surface area contributed by atoms with Gasteiger partial charge >= 0.3 is 0 Å². The van der Waals surface area contributed by atoms with Gasteiger partial charge in [-0.15, -0.1) is 0 Å². The number of hydrogen-bond donors (Lipinski definition) is 1. The molecule has 0 unspecified atom stereocenters. The van der Waals surface area contributed by atoms with Gasteiger partial charge in [-0.3, -0.25) is 9.59 Å². The van der Waals surface area contributed by atoms with Gasteiger partial charge in [0.2, 0.25) is 23.2 Å². The molecule has 1 aromatic heterocycles. The topological polar surface area (TPSA) is 75.4 Å². The smallest absolute Gasteiger partial charge is 0.231 e. The first-order chi connectivity index (χ1) is 11.5. The standard InChI is InChI=1S/C17H16FN3O3/c1-21(2)8-7-19-12-9-13(22)16-14(15(12)23)20-17(24-16)10-5-3-4-6-11(10)18/h3-6,9,19H,7-8H2,1-2H3. The molecule has 1 aliphatic rings. The maximum Gasteiger partial charge on any atom is 0.231 e. The van der Waals surface area contributed by atoms with Crippen LogP contribution in [0.5, 0.6) is 0 Å². The number of hydrogen-bond acceptors (Lipinski definition) is 6. The maximum absolute atomic E-state index is 13.9. The van der Waals surface area contributed by atoms with Gasteiger partial charge < -0.3 is 14.6 Å². The Morgan fingerprint density at radius 3 is 2.71 bits per heavy atom. The van der Waals surface area contributed by atoms with E-state index in [0.29, 0.717) is 13.1 Å². The number of halogens is 1. The molecule has 0 aliphatic heterocycles. The molecule has 0 fully saturated rings. The summed E-state index contributed by atoms with van der Waals surface area (Å²) < 4.78 is 19.2. The normalized spacial score (nSPS) is 13.9. The van der Waals surface area contributed by atoms with Crippen molar-refractivity contribution in [3.63, 3.8) is 0 Å². The van der Waals surface area contributed by atoms with Crippen LogP contribution >= 0.6 is 0 Å². The van der Waals surface area contributed by atoms with E-state index in [1.807, 2.05) is 19.0 Å². The van der Waals surface area contributed by atoms with Gasteiger partial charge in [0.1, 0.15) is 5.82 Å². The first-order valence-corrected chi connectivity index (χ1v) is 7.42. The number of aromatic nitrogens is 1. The molecule has 7 heteroatoms. The highest BCUT2D eigenvalue weighted by Crippen LogP contribution is 2.28. The first kappa shape index (κ1) is 16.1. The predicted molar refractivity (Wildman–Crippen MR) is 85.2 cm³/mol. The Kier molecular flexibility index (Phi) is 4.26. The minimum absolute atomic E-state index is 0.0808. The summed E-state index contributed by atoms with van der Waals surface area (Å²) >= 11 is 0. The van der Waals surface area contributed by atoms with Crippen LogP contribution in [0, 0.1) is 5.82 Å². The van der Waals surface area contributed by atoms with Gasteiger partial charge in [-0.1, -0.05) is 12.1 Å². The Balaban J connectivity index is 1.89. The van der Waals surface area contributed by atoms with Crippen molar-refractivity contribution in [2.45, 2.75) is 0 Å². The molecule has 1 aliphatic carbocycles. The van der Waals surface area contributed by atoms with E-state index in [0.717, 1.165) is 0 Å². The van der Waals surface area contributed by atoms with Crippen molar-refractivity contribution >= 4 is 11.6 Å². The average molecular weight is 329 g/mol. The minimum Gasteiger partial charge on any atom is -0.432 e. The van der Waals surface area contributed by atoms with Crippen molar-refractivity contribution in [2.24, 2.45) is 0 Å². The summed E-state index contributed by atoms with van der Waals surface area (Å²) in [6.07, 6.45) is 1.19. The van der Waals surface area contributed by atoms with Crippen LogP contribution in [0.4, 0.5) is 4.39 Å². The van der Waals surface area contributed by atoms with Crippen LogP contribution in [0.3, 0.4) is 0 Å². The Morgan fingerprint density at radius 2 is 2.00 bits per heavy atom. The van der Waals surface area contributed by atoms with E-state index in [9.17, 15) is 14.0 Å². The molecular weight excluding hydrogens is 313 g/mol. The van der Waals surface area contributed by atoms with Gasteiger partial charge in [0, 0.05) is 19.2 Å². The summed E-state index contributed by atoms with van der Waals surface area (Å²) in [5, 5.41) is 2.93. The lowest BCUT2D eigenvalue weighted by Crippen LogP contribution is -2.31. The molecule has 124 valence electrons. The number of oxazole rings is 1. The maximum atomic E-state index is 13.9. The molecule has 0 saturated heterocycles. The minimum atomic E-state index is -0.534. The van der Waals surface area contributed by atoms with Crippen molar-refractivity contribution in [2.75, 3.05) is 27.2 Å². The van der Waals surface area contributed by atoms with Gasteiger partial charge in [-0.25, -0.2) is 9.37 Å². The van der Waals surface area contributed by atoms with E-state index >= 15 is 0 Å². The number of benzene rings is 1. The molecule has 2 aromatic rings. The number of likely N-dealkylation sites (N-methyl/N-ethyl adjacent to an activating group) is 1. The molecule has 1 aromatic carbocycles. The number of nitrogens with zero attached hydrogens (tertiary/aromatic N) is 2. The number of fused-ring (bicyclic) bond motifs is 1. The lowest BCUT2D eigenvalue weighted by molar-refractivity contribution is 0.0960. The fourth-order valence-corrected chi connectivity index (χ4v) is 2.33. The first-order valence-electron chi connectivity index (χ1n) is 7.42. The van der Waals surface area contributed by atoms with Crippen molar-refractivity contribution in [3.05, 3.63) is 53.3 Å². The van der Waals surface area contributed by atoms with E-state index in [2.05, 4.69) is 10.3 Å². The number of allylic oxidation sites excluding steroid dienone is 2. The summed E-state index contributed by atoms with van der Waals surface area (Å²) in [6.45, 7) is 1.20. The van der Waals surface area contributed by atoms with Gasteiger partial charge in [0.15, 0.2) is 5.69 Å². The molecule has 24 heavy (non-hydrogen) atoms. The third kappa shape index (κ3) is 2.98. The van der Waals surface area contributed by atoms with Crippen molar-refractivity contribution in [1.82, 2.24) is 15.2 Å². The fourth-order valence-electron chi connectivity index (χ4n) is 2.33. The molecule has 6 nitrogen and oxygen atoms in total. The highest BCUT2D eigenvalue weighted by atomic mass is 19.1. The molecule has 0 amide bonds. The molecular formula is C17H16FN3O3. The van der Waals surface area contributed by atoms with E-state index in [4.69, 9.17) is 4.42 Å². The lowest BCUT2D eigenvalue weighted by atomic mass is 10.0. The van der Waals surface area contributed by atoms with Crippen LogP contribution in [0.1, 0.15) is 21.0 Å². The van der Waals surface area contributed by atoms with Crippen LogP contribution < -0.4 is 5.32 Å². The third-order valence-corrected chi connectivity index (χ3v) is 3.56. The third-order valence-electron chi connectivity index (χ3n) is 3.56. The van der Waals surface area contributed by atoms with Crippen molar-refractivity contribution in [1.29, 1.82) is 0 Å². The van der Waals surface area contributed by atoms with Crippen LogP contribution in [0.25, 0.3) is 11.5 Å². The van der Waals surface area contributed by atoms with Crippen LogP contribution in [-0.4, -0.2) is 48.6 Å². The number of ketones is 2. The second-order valence-electron chi connectivity index (χ2n) is 5.66. The quantitative estimate of drug-likeness (QED) is 0.903. The van der Waals surface area contributed by atoms with E-state index in [1.54, 1.807) is 6.07 Å². The number of rotatable bonds is 5. The van der Waals surface area contributed by atoms with Gasteiger partial charge in [-0.05, 0) is 26.2 Å². The zero-order chi connectivity index (χ0) is 17.3. The SMILES string of the molecule is CN(C)CCNC1=CC(=O)c2oc(-c3ccccc3F)nc2C1=O. The highest BCUT2D eigenvalue weighted by molar-refractivity contribution is 6.22. The largest absolute Gasteiger partial charge is 0.432 e. The second kappa shape index (κ2) is 6.37. The number of carbonyl (C=O) groups is 2. The van der Waals surface area contributed by atoms with Crippen molar-refractivity contribution < 1.29 is 18.4 Å². The summed E-state index contributed by atoms with van der Waals surface area (Å²) in [4.78, 5) is 30.6. The van der Waals surface area contributed by atoms with Gasteiger partial charge in [-0.2, -0.15) is 0 Å². The number of Topliss-reactive ketones (excluding diaryl/α,β-unsaturated/α-hetero) is 1. The monoisotopic (exact) mass is 329 g/mol. The van der Waals surface area contributed by atoms with Crippen LogP contribution in [0.15, 0.2) is 40.5 Å². The molecule has 0 atom stereocenters. The summed E-state index contributed by atoms with van der Waals surface area (Å²) in [7, 11) is 3.81. The molecule has 0 spiro atoms. The van der Waals surface area contributed by atoms with E-state index < -0.39 is 17.4 Å². The average Bonchev–Trinajstić information content (AvgIpc) is 2.98.